The Morgan fingerprint density at radius 2 is 2.00 bits per heavy atom. The maximum atomic E-state index is 9.05. The van der Waals surface area contributed by atoms with Crippen LogP contribution in [-0.2, 0) is 6.61 Å². The number of rotatable bonds is 3. The molecular formula is C13H15N3O. The molecule has 2 aromatic rings. The molecule has 0 amide bonds. The number of aliphatic hydroxyl groups excluding tert-OH is 1. The Hall–Kier alpha value is -1.94. The molecule has 1 aromatic carbocycles. The van der Waals surface area contributed by atoms with Crippen LogP contribution in [-0.4, -0.2) is 22.1 Å². The van der Waals surface area contributed by atoms with Crippen LogP contribution in [0.25, 0.3) is 0 Å². The van der Waals surface area contributed by atoms with Gasteiger partial charge in [0.25, 0.3) is 0 Å². The monoisotopic (exact) mass is 229 g/mol. The summed E-state index contributed by atoms with van der Waals surface area (Å²) in [7, 11) is 1.94. The first-order valence-electron chi connectivity index (χ1n) is 5.43. The second-order valence-corrected chi connectivity index (χ2v) is 3.87. The zero-order valence-electron chi connectivity index (χ0n) is 9.96. The van der Waals surface area contributed by atoms with Crippen molar-refractivity contribution in [3.63, 3.8) is 0 Å². The smallest absolute Gasteiger partial charge is 0.151 e. The number of aryl methyl sites for hydroxylation is 1. The predicted octanol–water partition coefficient (Wildman–Crippen LogP) is 2.05. The molecule has 0 saturated carbocycles. The van der Waals surface area contributed by atoms with Crippen LogP contribution in [0.3, 0.4) is 0 Å². The van der Waals surface area contributed by atoms with Crippen LogP contribution in [0.4, 0.5) is 11.5 Å². The number of hydrogen-bond donors (Lipinski definition) is 1. The highest BCUT2D eigenvalue weighted by molar-refractivity contribution is 5.62. The first-order valence-corrected chi connectivity index (χ1v) is 5.43. The van der Waals surface area contributed by atoms with Gasteiger partial charge >= 0.3 is 0 Å². The van der Waals surface area contributed by atoms with Gasteiger partial charge in [-0.1, -0.05) is 18.2 Å². The van der Waals surface area contributed by atoms with E-state index >= 15 is 0 Å². The predicted molar refractivity (Wildman–Crippen MR) is 67.2 cm³/mol. The molecule has 4 heteroatoms. The maximum absolute atomic E-state index is 9.05. The van der Waals surface area contributed by atoms with Gasteiger partial charge in [-0.15, -0.1) is 0 Å². The topological polar surface area (TPSA) is 49.2 Å². The fourth-order valence-electron chi connectivity index (χ4n) is 1.70. The van der Waals surface area contributed by atoms with Gasteiger partial charge in [-0.25, -0.2) is 4.98 Å². The van der Waals surface area contributed by atoms with Crippen molar-refractivity contribution in [1.29, 1.82) is 0 Å². The molecular weight excluding hydrogens is 214 g/mol. The summed E-state index contributed by atoms with van der Waals surface area (Å²) in [6.45, 7) is 1.96. The highest BCUT2D eigenvalue weighted by Crippen LogP contribution is 2.24. The van der Waals surface area contributed by atoms with Gasteiger partial charge in [0, 0.05) is 12.7 Å². The van der Waals surface area contributed by atoms with Crippen molar-refractivity contribution in [3.8, 4) is 0 Å². The molecule has 17 heavy (non-hydrogen) atoms. The van der Waals surface area contributed by atoms with Crippen LogP contribution in [0.1, 0.15) is 11.3 Å². The van der Waals surface area contributed by atoms with Crippen LogP contribution >= 0.6 is 0 Å². The summed E-state index contributed by atoms with van der Waals surface area (Å²) in [4.78, 5) is 10.3. The van der Waals surface area contributed by atoms with Crippen molar-refractivity contribution < 1.29 is 5.11 Å². The zero-order valence-corrected chi connectivity index (χ0v) is 9.96. The van der Waals surface area contributed by atoms with E-state index in [1.54, 1.807) is 12.4 Å². The minimum atomic E-state index is -0.0948. The van der Waals surface area contributed by atoms with E-state index in [1.165, 1.54) is 5.56 Å². The molecule has 4 nitrogen and oxygen atoms in total. The fraction of sp³-hybridized carbons (Fsp3) is 0.231. The van der Waals surface area contributed by atoms with Gasteiger partial charge in [-0.05, 0) is 18.6 Å². The van der Waals surface area contributed by atoms with Gasteiger partial charge in [-0.3, -0.25) is 4.98 Å². The van der Waals surface area contributed by atoms with Crippen molar-refractivity contribution in [2.24, 2.45) is 0 Å². The Morgan fingerprint density at radius 1 is 1.24 bits per heavy atom. The number of benzene rings is 1. The van der Waals surface area contributed by atoms with Crippen LogP contribution in [0.15, 0.2) is 36.7 Å². The average molecular weight is 229 g/mol. The highest BCUT2D eigenvalue weighted by atomic mass is 16.3. The molecule has 1 N–H and O–H groups in total. The lowest BCUT2D eigenvalue weighted by atomic mass is 10.2. The van der Waals surface area contributed by atoms with E-state index in [0.29, 0.717) is 5.69 Å². The Kier molecular flexibility index (Phi) is 3.35. The second-order valence-electron chi connectivity index (χ2n) is 3.87. The van der Waals surface area contributed by atoms with Gasteiger partial charge < -0.3 is 10.0 Å². The third-order valence-electron chi connectivity index (χ3n) is 2.65. The van der Waals surface area contributed by atoms with E-state index in [2.05, 4.69) is 23.0 Å². The standard InChI is InChI=1S/C13H15N3O/c1-10-5-3-4-6-12(10)16(2)13-8-14-7-11(9-17)15-13/h3-8,17H,9H2,1-2H3. The quantitative estimate of drug-likeness (QED) is 0.875. The molecule has 0 spiro atoms. The summed E-state index contributed by atoms with van der Waals surface area (Å²) in [6, 6.07) is 8.07. The summed E-state index contributed by atoms with van der Waals surface area (Å²) in [6.07, 6.45) is 3.25. The van der Waals surface area contributed by atoms with Gasteiger partial charge in [0.15, 0.2) is 5.82 Å². The molecule has 0 atom stereocenters. The van der Waals surface area contributed by atoms with Crippen molar-refractivity contribution in [2.75, 3.05) is 11.9 Å². The lowest BCUT2D eigenvalue weighted by molar-refractivity contribution is 0.276. The fourth-order valence-corrected chi connectivity index (χ4v) is 1.70. The number of para-hydroxylation sites is 1. The third-order valence-corrected chi connectivity index (χ3v) is 2.65. The Labute approximate surface area is 101 Å². The Bertz CT molecular complexity index is 514. The van der Waals surface area contributed by atoms with Gasteiger partial charge in [-0.2, -0.15) is 0 Å². The van der Waals surface area contributed by atoms with E-state index in [0.717, 1.165) is 11.5 Å². The molecule has 0 aliphatic heterocycles. The van der Waals surface area contributed by atoms with Crippen molar-refractivity contribution >= 4 is 11.5 Å². The van der Waals surface area contributed by atoms with Crippen LogP contribution < -0.4 is 4.90 Å². The van der Waals surface area contributed by atoms with E-state index in [9.17, 15) is 0 Å². The molecule has 0 bridgehead atoms. The molecule has 0 aliphatic carbocycles. The maximum Gasteiger partial charge on any atom is 0.151 e. The summed E-state index contributed by atoms with van der Waals surface area (Å²) in [5, 5.41) is 9.05. The van der Waals surface area contributed by atoms with Crippen molar-refractivity contribution in [2.45, 2.75) is 13.5 Å². The summed E-state index contributed by atoms with van der Waals surface area (Å²) >= 11 is 0. The highest BCUT2D eigenvalue weighted by Gasteiger charge is 2.08. The molecule has 2 rings (SSSR count). The summed E-state index contributed by atoms with van der Waals surface area (Å²) in [5.74, 6) is 0.728. The number of aromatic nitrogens is 2. The van der Waals surface area contributed by atoms with E-state index < -0.39 is 0 Å². The molecule has 0 fully saturated rings. The number of nitrogens with zero attached hydrogens (tertiary/aromatic N) is 3. The number of anilines is 2. The molecule has 1 heterocycles. The van der Waals surface area contributed by atoms with Gasteiger partial charge in [0.1, 0.15) is 0 Å². The zero-order chi connectivity index (χ0) is 12.3. The number of aliphatic hydroxyl groups is 1. The third kappa shape index (κ3) is 2.42. The summed E-state index contributed by atoms with van der Waals surface area (Å²) < 4.78 is 0. The van der Waals surface area contributed by atoms with E-state index in [-0.39, 0.29) is 6.61 Å². The van der Waals surface area contributed by atoms with Crippen LogP contribution in [0.5, 0.6) is 0 Å². The molecule has 0 aliphatic rings. The van der Waals surface area contributed by atoms with Crippen LogP contribution in [0.2, 0.25) is 0 Å². The molecule has 0 saturated heterocycles. The van der Waals surface area contributed by atoms with Crippen molar-refractivity contribution in [1.82, 2.24) is 9.97 Å². The molecule has 0 unspecified atom stereocenters. The second kappa shape index (κ2) is 4.93. The molecule has 1 aromatic heterocycles. The minimum absolute atomic E-state index is 0.0948. The first kappa shape index (κ1) is 11.5. The summed E-state index contributed by atoms with van der Waals surface area (Å²) in [5.41, 5.74) is 2.83. The van der Waals surface area contributed by atoms with Gasteiger partial charge in [0.05, 0.1) is 24.7 Å². The molecule has 88 valence electrons. The SMILES string of the molecule is Cc1ccccc1N(C)c1cncc(CO)n1. The Morgan fingerprint density at radius 3 is 2.71 bits per heavy atom. The lowest BCUT2D eigenvalue weighted by Gasteiger charge is -2.20. The van der Waals surface area contributed by atoms with E-state index in [1.807, 2.05) is 30.1 Å². The largest absolute Gasteiger partial charge is 0.390 e. The number of hydrogen-bond acceptors (Lipinski definition) is 4. The Balaban J connectivity index is 2.37. The average Bonchev–Trinajstić information content (AvgIpc) is 2.38. The van der Waals surface area contributed by atoms with E-state index in [4.69, 9.17) is 5.11 Å². The lowest BCUT2D eigenvalue weighted by Crippen LogP contribution is -2.13. The molecule has 0 radical (unpaired) electrons. The first-order chi connectivity index (χ1) is 8.22. The van der Waals surface area contributed by atoms with Crippen molar-refractivity contribution in [3.05, 3.63) is 47.9 Å². The van der Waals surface area contributed by atoms with Crippen LogP contribution in [0, 0.1) is 6.92 Å². The normalized spacial score (nSPS) is 10.3. The minimum Gasteiger partial charge on any atom is -0.390 e. The van der Waals surface area contributed by atoms with Gasteiger partial charge in [0.2, 0.25) is 0 Å².